The first-order valence-corrected chi connectivity index (χ1v) is 9.79. The monoisotopic (exact) mass is 354 g/mol. The van der Waals surface area contributed by atoms with E-state index in [2.05, 4.69) is 10.6 Å². The molecule has 0 bridgehead atoms. The molecule has 1 unspecified atom stereocenters. The molecule has 24 heavy (non-hydrogen) atoms. The fraction of sp³-hybridized carbons (Fsp3) is 0.529. The minimum atomic E-state index is -3.43. The van der Waals surface area contributed by atoms with Gasteiger partial charge in [-0.3, -0.25) is 9.59 Å². The topological polar surface area (TPSA) is 92.3 Å². The maximum atomic E-state index is 12.1. The van der Waals surface area contributed by atoms with Crippen molar-refractivity contribution < 1.29 is 18.0 Å². The Labute approximate surface area is 143 Å². The number of hydrogen-bond acceptors (Lipinski definition) is 4. The number of amides is 2. The third kappa shape index (κ3) is 6.31. The summed E-state index contributed by atoms with van der Waals surface area (Å²) in [5.41, 5.74) is 1.12. The molecule has 0 aliphatic rings. The lowest BCUT2D eigenvalue weighted by atomic mass is 10.1. The molecule has 7 heteroatoms. The molecule has 0 aliphatic heterocycles. The summed E-state index contributed by atoms with van der Waals surface area (Å²) in [5, 5.41) is 4.26. The van der Waals surface area contributed by atoms with Crippen molar-refractivity contribution in [1.82, 2.24) is 0 Å². The van der Waals surface area contributed by atoms with Gasteiger partial charge in [-0.05, 0) is 43.5 Å². The molecule has 6 nitrogen and oxygen atoms in total. The highest BCUT2D eigenvalue weighted by Gasteiger charge is 2.27. The van der Waals surface area contributed by atoms with Gasteiger partial charge in [0.1, 0.15) is 5.25 Å². The number of sulfone groups is 1. The largest absolute Gasteiger partial charge is 0.326 e. The first-order chi connectivity index (χ1) is 11.2. The summed E-state index contributed by atoms with van der Waals surface area (Å²) in [5.74, 6) is -0.362. The highest BCUT2D eigenvalue weighted by molar-refractivity contribution is 7.92. The zero-order valence-electron chi connectivity index (χ0n) is 14.6. The summed E-state index contributed by atoms with van der Waals surface area (Å²) >= 11 is 0. The molecule has 0 saturated carbocycles. The molecule has 1 aromatic carbocycles. The van der Waals surface area contributed by atoms with Crippen LogP contribution in [0.25, 0.3) is 0 Å². The van der Waals surface area contributed by atoms with Crippen molar-refractivity contribution in [2.45, 2.75) is 45.8 Å². The SMILES string of the molecule is CCCS(=O)(=O)C(C)C(=O)Nc1ccc(NC(=O)CC(C)C)cc1. The Morgan fingerprint density at radius 1 is 1.00 bits per heavy atom. The maximum Gasteiger partial charge on any atom is 0.242 e. The average Bonchev–Trinajstić information content (AvgIpc) is 2.47. The first-order valence-electron chi connectivity index (χ1n) is 8.08. The van der Waals surface area contributed by atoms with Crippen LogP contribution in [0.15, 0.2) is 24.3 Å². The van der Waals surface area contributed by atoms with Crippen LogP contribution in [0.2, 0.25) is 0 Å². The minimum Gasteiger partial charge on any atom is -0.326 e. The van der Waals surface area contributed by atoms with Crippen molar-refractivity contribution in [3.05, 3.63) is 24.3 Å². The van der Waals surface area contributed by atoms with E-state index in [4.69, 9.17) is 0 Å². The average molecular weight is 354 g/mol. The van der Waals surface area contributed by atoms with Crippen LogP contribution >= 0.6 is 0 Å². The van der Waals surface area contributed by atoms with Gasteiger partial charge in [0, 0.05) is 17.8 Å². The van der Waals surface area contributed by atoms with Gasteiger partial charge in [-0.1, -0.05) is 20.8 Å². The second-order valence-electron chi connectivity index (χ2n) is 6.22. The molecular weight excluding hydrogens is 328 g/mol. The smallest absolute Gasteiger partial charge is 0.242 e. The van der Waals surface area contributed by atoms with Gasteiger partial charge < -0.3 is 10.6 Å². The van der Waals surface area contributed by atoms with E-state index < -0.39 is 21.0 Å². The number of anilines is 2. The summed E-state index contributed by atoms with van der Waals surface area (Å²) in [6.45, 7) is 7.08. The molecule has 2 amide bonds. The van der Waals surface area contributed by atoms with Crippen molar-refractivity contribution in [2.24, 2.45) is 5.92 Å². The zero-order chi connectivity index (χ0) is 18.3. The predicted molar refractivity (Wildman–Crippen MR) is 96.7 cm³/mol. The van der Waals surface area contributed by atoms with Gasteiger partial charge in [0.2, 0.25) is 11.8 Å². The molecular formula is C17H26N2O4S. The molecule has 0 aliphatic carbocycles. The first kappa shape index (κ1) is 20.2. The van der Waals surface area contributed by atoms with E-state index in [-0.39, 0.29) is 17.6 Å². The highest BCUT2D eigenvalue weighted by Crippen LogP contribution is 2.16. The quantitative estimate of drug-likeness (QED) is 0.751. The third-order valence-corrected chi connectivity index (χ3v) is 5.70. The highest BCUT2D eigenvalue weighted by atomic mass is 32.2. The number of rotatable bonds is 8. The van der Waals surface area contributed by atoms with E-state index in [1.54, 1.807) is 31.2 Å². The van der Waals surface area contributed by atoms with Crippen molar-refractivity contribution in [3.8, 4) is 0 Å². The molecule has 0 fully saturated rings. The molecule has 1 aromatic rings. The van der Waals surface area contributed by atoms with Crippen molar-refractivity contribution >= 4 is 33.0 Å². The van der Waals surface area contributed by atoms with Crippen LogP contribution in [0, 0.1) is 5.92 Å². The molecule has 1 rings (SSSR count). The van der Waals surface area contributed by atoms with Crippen molar-refractivity contribution in [3.63, 3.8) is 0 Å². The molecule has 0 radical (unpaired) electrons. The number of carbonyl (C=O) groups is 2. The zero-order valence-corrected chi connectivity index (χ0v) is 15.4. The van der Waals surface area contributed by atoms with Crippen LogP contribution in [0.1, 0.15) is 40.5 Å². The van der Waals surface area contributed by atoms with E-state index >= 15 is 0 Å². The molecule has 0 heterocycles. The molecule has 0 aromatic heterocycles. The minimum absolute atomic E-state index is 0.0115. The Hall–Kier alpha value is -1.89. The van der Waals surface area contributed by atoms with E-state index in [1.807, 2.05) is 13.8 Å². The Bertz CT molecular complexity index is 666. The number of carbonyl (C=O) groups excluding carboxylic acids is 2. The number of benzene rings is 1. The third-order valence-electron chi connectivity index (χ3n) is 3.43. The van der Waals surface area contributed by atoms with E-state index in [9.17, 15) is 18.0 Å². The van der Waals surface area contributed by atoms with E-state index in [0.29, 0.717) is 24.2 Å². The van der Waals surface area contributed by atoms with E-state index in [1.165, 1.54) is 6.92 Å². The molecule has 0 spiro atoms. The summed E-state index contributed by atoms with van der Waals surface area (Å²) < 4.78 is 23.8. The molecule has 134 valence electrons. The molecule has 0 saturated heterocycles. The van der Waals surface area contributed by atoms with Gasteiger partial charge in [0.15, 0.2) is 9.84 Å². The lowest BCUT2D eigenvalue weighted by Crippen LogP contribution is -2.34. The fourth-order valence-corrected chi connectivity index (χ4v) is 3.40. The van der Waals surface area contributed by atoms with Gasteiger partial charge in [-0.2, -0.15) is 0 Å². The van der Waals surface area contributed by atoms with Gasteiger partial charge in [-0.25, -0.2) is 8.42 Å². The normalized spacial score (nSPS) is 12.7. The number of nitrogens with one attached hydrogen (secondary N) is 2. The van der Waals surface area contributed by atoms with Crippen LogP contribution in [0.4, 0.5) is 11.4 Å². The standard InChI is InChI=1S/C17H26N2O4S/c1-5-10-24(22,23)13(4)17(21)19-15-8-6-14(7-9-15)18-16(20)11-12(2)3/h6-9,12-13H,5,10-11H2,1-4H3,(H,18,20)(H,19,21). The Balaban J connectivity index is 2.67. The Kier molecular flexibility index (Phi) is 7.41. The van der Waals surface area contributed by atoms with Crippen molar-refractivity contribution in [2.75, 3.05) is 16.4 Å². The van der Waals surface area contributed by atoms with Gasteiger partial charge in [0.25, 0.3) is 0 Å². The maximum absolute atomic E-state index is 12.1. The van der Waals surface area contributed by atoms with E-state index in [0.717, 1.165) is 0 Å². The second kappa shape index (κ2) is 8.82. The lowest BCUT2D eigenvalue weighted by molar-refractivity contribution is -0.117. The van der Waals surface area contributed by atoms with Gasteiger partial charge >= 0.3 is 0 Å². The second-order valence-corrected chi connectivity index (χ2v) is 8.66. The summed E-state index contributed by atoms with van der Waals surface area (Å²) in [6, 6.07) is 6.59. The van der Waals surface area contributed by atoms with Gasteiger partial charge in [0.05, 0.1) is 5.75 Å². The Morgan fingerprint density at radius 2 is 1.50 bits per heavy atom. The van der Waals surface area contributed by atoms with Crippen LogP contribution < -0.4 is 10.6 Å². The lowest BCUT2D eigenvalue weighted by Gasteiger charge is -2.13. The Morgan fingerprint density at radius 3 is 1.96 bits per heavy atom. The summed E-state index contributed by atoms with van der Waals surface area (Å²) in [4.78, 5) is 23.8. The molecule has 1 atom stereocenters. The predicted octanol–water partition coefficient (Wildman–Crippen LogP) is 2.82. The summed E-state index contributed by atoms with van der Waals surface area (Å²) in [7, 11) is -3.43. The number of hydrogen-bond donors (Lipinski definition) is 2. The van der Waals surface area contributed by atoms with Crippen LogP contribution in [0.5, 0.6) is 0 Å². The van der Waals surface area contributed by atoms with Crippen LogP contribution in [-0.4, -0.2) is 31.2 Å². The molecule has 2 N–H and O–H groups in total. The van der Waals surface area contributed by atoms with Gasteiger partial charge in [-0.15, -0.1) is 0 Å². The summed E-state index contributed by atoms with van der Waals surface area (Å²) in [6.07, 6.45) is 0.913. The fourth-order valence-electron chi connectivity index (χ4n) is 2.09. The van der Waals surface area contributed by atoms with Crippen molar-refractivity contribution in [1.29, 1.82) is 0 Å². The van der Waals surface area contributed by atoms with Crippen LogP contribution in [-0.2, 0) is 19.4 Å². The van der Waals surface area contributed by atoms with Crippen LogP contribution in [0.3, 0.4) is 0 Å².